The average Bonchev–Trinajstić information content (AvgIpc) is 3.39. The zero-order chi connectivity index (χ0) is 24.6. The lowest BCUT2D eigenvalue weighted by atomic mass is 10.1. The lowest BCUT2D eigenvalue weighted by Crippen LogP contribution is -2.35. The Hall–Kier alpha value is -3.76. The number of ether oxygens (including phenoxy) is 1. The summed E-state index contributed by atoms with van der Waals surface area (Å²) in [6.07, 6.45) is 1.63. The maximum Gasteiger partial charge on any atom is 0.401 e. The number of rotatable bonds is 6. The first-order chi connectivity index (χ1) is 16.9. The van der Waals surface area contributed by atoms with E-state index in [1.165, 1.54) is 10.8 Å². The molecule has 4 aromatic heterocycles. The topological polar surface area (TPSA) is 115 Å². The van der Waals surface area contributed by atoms with Gasteiger partial charge in [-0.05, 0) is 25.0 Å². The second-order valence-corrected chi connectivity index (χ2v) is 8.24. The van der Waals surface area contributed by atoms with Gasteiger partial charge < -0.3 is 10.1 Å². The van der Waals surface area contributed by atoms with Crippen LogP contribution in [0.15, 0.2) is 35.5 Å². The fourth-order valence-electron chi connectivity index (χ4n) is 4.30. The molecular formula is C22H21F3N8O2. The van der Waals surface area contributed by atoms with Gasteiger partial charge in [0.25, 0.3) is 0 Å². The number of imidazole rings is 2. The lowest BCUT2D eigenvalue weighted by molar-refractivity contribution is -0.124. The molecule has 1 N–H and O–H groups in total. The number of alkyl halides is 3. The molecule has 0 radical (unpaired) electrons. The van der Waals surface area contributed by atoms with Crippen LogP contribution in [-0.4, -0.2) is 61.0 Å². The van der Waals surface area contributed by atoms with Gasteiger partial charge in [0.2, 0.25) is 0 Å². The third-order valence-corrected chi connectivity index (χ3v) is 5.96. The SMILES string of the molecule is N#Cc1ccc2ncc(-c3ncc4c(n3)n(C3CCOCC3)c(=O)n4CCNCC(F)(F)F)n2c1. The van der Waals surface area contributed by atoms with E-state index in [0.717, 1.165) is 0 Å². The molecule has 0 bridgehead atoms. The van der Waals surface area contributed by atoms with Crippen LogP contribution in [0.25, 0.3) is 28.3 Å². The van der Waals surface area contributed by atoms with Crippen LogP contribution < -0.4 is 11.0 Å². The van der Waals surface area contributed by atoms with Gasteiger partial charge in [0.1, 0.15) is 22.9 Å². The van der Waals surface area contributed by atoms with E-state index < -0.39 is 12.7 Å². The molecule has 0 unspecified atom stereocenters. The van der Waals surface area contributed by atoms with E-state index in [2.05, 4.69) is 21.4 Å². The van der Waals surface area contributed by atoms with Crippen LogP contribution in [-0.2, 0) is 11.3 Å². The molecule has 1 fully saturated rings. The summed E-state index contributed by atoms with van der Waals surface area (Å²) in [5.41, 5.74) is 2.08. The molecule has 0 aromatic carbocycles. The molecule has 0 amide bonds. The molecule has 5 rings (SSSR count). The van der Waals surface area contributed by atoms with Crippen molar-refractivity contribution in [1.82, 2.24) is 33.8 Å². The minimum Gasteiger partial charge on any atom is -0.381 e. The molecule has 1 aliphatic heterocycles. The van der Waals surface area contributed by atoms with Crippen LogP contribution in [0.5, 0.6) is 0 Å². The third-order valence-electron chi connectivity index (χ3n) is 5.96. The minimum atomic E-state index is -4.33. The van der Waals surface area contributed by atoms with Gasteiger partial charge in [-0.25, -0.2) is 19.7 Å². The molecule has 4 aromatic rings. The van der Waals surface area contributed by atoms with Gasteiger partial charge in [0.15, 0.2) is 11.5 Å². The highest BCUT2D eigenvalue weighted by Crippen LogP contribution is 2.26. The van der Waals surface area contributed by atoms with Crippen LogP contribution in [0.3, 0.4) is 0 Å². The molecule has 1 saturated heterocycles. The van der Waals surface area contributed by atoms with E-state index in [9.17, 15) is 23.2 Å². The Morgan fingerprint density at radius 1 is 1.20 bits per heavy atom. The first-order valence-electron chi connectivity index (χ1n) is 11.1. The van der Waals surface area contributed by atoms with Crippen LogP contribution in [0.1, 0.15) is 24.4 Å². The van der Waals surface area contributed by atoms with Crippen molar-refractivity contribution in [3.05, 3.63) is 46.8 Å². The zero-order valence-electron chi connectivity index (χ0n) is 18.5. The van der Waals surface area contributed by atoms with Crippen LogP contribution in [0.2, 0.25) is 0 Å². The molecule has 35 heavy (non-hydrogen) atoms. The van der Waals surface area contributed by atoms with E-state index >= 15 is 0 Å². The van der Waals surface area contributed by atoms with Gasteiger partial charge in [0, 0.05) is 38.5 Å². The number of nitrogens with one attached hydrogen (secondary N) is 1. The van der Waals surface area contributed by atoms with Crippen molar-refractivity contribution < 1.29 is 17.9 Å². The molecule has 0 atom stereocenters. The first-order valence-corrected chi connectivity index (χ1v) is 11.1. The molecular weight excluding hydrogens is 465 g/mol. The summed E-state index contributed by atoms with van der Waals surface area (Å²) in [6, 6.07) is 5.30. The van der Waals surface area contributed by atoms with Crippen molar-refractivity contribution in [2.75, 3.05) is 26.3 Å². The molecule has 182 valence electrons. The Balaban J connectivity index is 1.58. The summed E-state index contributed by atoms with van der Waals surface area (Å²) in [6.45, 7) is -0.151. The number of fused-ring (bicyclic) bond motifs is 2. The van der Waals surface area contributed by atoms with Crippen molar-refractivity contribution in [2.24, 2.45) is 0 Å². The predicted molar refractivity (Wildman–Crippen MR) is 119 cm³/mol. The number of hydrogen-bond acceptors (Lipinski definition) is 7. The number of halogens is 3. The van der Waals surface area contributed by atoms with Crippen molar-refractivity contribution in [3.63, 3.8) is 0 Å². The predicted octanol–water partition coefficient (Wildman–Crippen LogP) is 2.28. The van der Waals surface area contributed by atoms with E-state index in [4.69, 9.17) is 9.72 Å². The van der Waals surface area contributed by atoms with Crippen LogP contribution in [0.4, 0.5) is 13.2 Å². The molecule has 5 heterocycles. The molecule has 0 spiro atoms. The first kappa shape index (κ1) is 23.0. The smallest absolute Gasteiger partial charge is 0.381 e. The van der Waals surface area contributed by atoms with Crippen molar-refractivity contribution in [2.45, 2.75) is 31.6 Å². The van der Waals surface area contributed by atoms with Crippen molar-refractivity contribution >= 4 is 16.8 Å². The minimum absolute atomic E-state index is 0.0332. The number of pyridine rings is 1. The second kappa shape index (κ2) is 9.12. The van der Waals surface area contributed by atoms with Gasteiger partial charge >= 0.3 is 11.9 Å². The largest absolute Gasteiger partial charge is 0.401 e. The summed E-state index contributed by atoms with van der Waals surface area (Å²) in [4.78, 5) is 26.8. The summed E-state index contributed by atoms with van der Waals surface area (Å²) in [5.74, 6) is 0.313. The second-order valence-electron chi connectivity index (χ2n) is 8.24. The highest BCUT2D eigenvalue weighted by Gasteiger charge is 2.27. The van der Waals surface area contributed by atoms with Crippen LogP contribution in [0, 0.1) is 11.3 Å². The Morgan fingerprint density at radius 2 is 2.00 bits per heavy atom. The van der Waals surface area contributed by atoms with E-state index in [0.29, 0.717) is 59.9 Å². The maximum absolute atomic E-state index is 13.4. The Kier molecular flexibility index (Phi) is 6.00. The normalized spacial score (nSPS) is 15.1. The maximum atomic E-state index is 13.4. The number of nitrogens with zero attached hydrogens (tertiary/aromatic N) is 7. The highest BCUT2D eigenvalue weighted by atomic mass is 19.4. The summed E-state index contributed by atoms with van der Waals surface area (Å²) in [5, 5.41) is 11.6. The third kappa shape index (κ3) is 4.50. The van der Waals surface area contributed by atoms with Crippen molar-refractivity contribution in [1.29, 1.82) is 5.26 Å². The van der Waals surface area contributed by atoms with Crippen LogP contribution >= 0.6 is 0 Å². The average molecular weight is 486 g/mol. The number of hydrogen-bond donors (Lipinski definition) is 1. The molecule has 13 heteroatoms. The van der Waals surface area contributed by atoms with Gasteiger partial charge in [-0.15, -0.1) is 0 Å². The Morgan fingerprint density at radius 3 is 2.74 bits per heavy atom. The zero-order valence-corrected chi connectivity index (χ0v) is 18.5. The van der Waals surface area contributed by atoms with Gasteiger partial charge in [0.05, 0.1) is 24.5 Å². The lowest BCUT2D eigenvalue weighted by Gasteiger charge is -2.22. The Labute approximate surface area is 196 Å². The quantitative estimate of drug-likeness (QED) is 0.416. The molecule has 0 saturated carbocycles. The summed E-state index contributed by atoms with van der Waals surface area (Å²) >= 11 is 0. The standard InChI is InChI=1S/C22H21F3N8O2/c23-22(24,25)13-27-5-6-31-17-11-29-19(16-10-28-18-2-1-14(9-26)12-32(16)18)30-20(17)33(21(31)34)15-3-7-35-8-4-15/h1-2,10-12,15,27H,3-8,13H2. The molecule has 1 aliphatic rings. The van der Waals surface area contributed by atoms with E-state index in [1.54, 1.807) is 33.5 Å². The molecule has 0 aliphatic carbocycles. The van der Waals surface area contributed by atoms with Gasteiger partial charge in [-0.3, -0.25) is 13.5 Å². The van der Waals surface area contributed by atoms with E-state index in [-0.39, 0.29) is 24.8 Å². The monoisotopic (exact) mass is 486 g/mol. The fraction of sp³-hybridized carbons (Fsp3) is 0.409. The fourth-order valence-corrected chi connectivity index (χ4v) is 4.30. The Bertz CT molecular complexity index is 1470. The number of aromatic nitrogens is 6. The highest BCUT2D eigenvalue weighted by molar-refractivity contribution is 5.74. The van der Waals surface area contributed by atoms with Gasteiger partial charge in [-0.2, -0.15) is 18.4 Å². The van der Waals surface area contributed by atoms with Gasteiger partial charge in [-0.1, -0.05) is 0 Å². The van der Waals surface area contributed by atoms with Crippen molar-refractivity contribution in [3.8, 4) is 17.6 Å². The van der Waals surface area contributed by atoms with E-state index in [1.807, 2.05) is 0 Å². The summed E-state index contributed by atoms with van der Waals surface area (Å²) < 4.78 is 47.7. The number of nitriles is 1. The summed E-state index contributed by atoms with van der Waals surface area (Å²) in [7, 11) is 0. The molecule has 10 nitrogen and oxygen atoms in total.